The van der Waals surface area contributed by atoms with Crippen LogP contribution in [0.25, 0.3) is 22.2 Å². The molecule has 0 bridgehead atoms. The van der Waals surface area contributed by atoms with Crippen molar-refractivity contribution in [2.75, 3.05) is 6.61 Å². The van der Waals surface area contributed by atoms with E-state index >= 15 is 0 Å². The number of benzene rings is 2. The maximum absolute atomic E-state index is 12.2. The molecule has 0 aliphatic rings. The molecule has 2 aromatic carbocycles. The average Bonchev–Trinajstić information content (AvgIpc) is 2.54. The highest BCUT2D eigenvalue weighted by Gasteiger charge is 2.14. The van der Waals surface area contributed by atoms with Crippen LogP contribution in [-0.2, 0) is 4.74 Å². The van der Waals surface area contributed by atoms with E-state index in [-0.39, 0.29) is 5.97 Å². The van der Waals surface area contributed by atoms with E-state index in [0.717, 1.165) is 22.2 Å². The molecular formula is C18H14ClNO2. The van der Waals surface area contributed by atoms with Gasteiger partial charge in [0.1, 0.15) is 0 Å². The third kappa shape index (κ3) is 2.81. The number of ether oxygens (including phenoxy) is 1. The lowest BCUT2D eigenvalue weighted by molar-refractivity contribution is 0.0528. The Kier molecular flexibility index (Phi) is 4.07. The van der Waals surface area contributed by atoms with Crippen LogP contribution < -0.4 is 0 Å². The van der Waals surface area contributed by atoms with Crippen molar-refractivity contribution in [3.63, 3.8) is 0 Å². The molecule has 0 amide bonds. The number of rotatable bonds is 3. The number of para-hydroxylation sites is 1. The standard InChI is InChI=1S/C18H14ClNO2/c1-2-22-18(21)15-11-17(12-7-9-13(19)10-8-12)20-16-6-4-3-5-14(15)16/h3-11H,2H2,1H3. The van der Waals surface area contributed by atoms with Gasteiger partial charge in [0.15, 0.2) is 0 Å². The summed E-state index contributed by atoms with van der Waals surface area (Å²) in [5, 5.41) is 1.45. The molecule has 0 aliphatic carbocycles. The summed E-state index contributed by atoms with van der Waals surface area (Å²) in [6.45, 7) is 2.13. The maximum atomic E-state index is 12.2. The van der Waals surface area contributed by atoms with Crippen molar-refractivity contribution in [3.8, 4) is 11.3 Å². The fourth-order valence-electron chi connectivity index (χ4n) is 2.32. The summed E-state index contributed by atoms with van der Waals surface area (Å²) in [5.74, 6) is -0.337. The minimum atomic E-state index is -0.337. The Morgan fingerprint density at radius 1 is 1.14 bits per heavy atom. The first-order valence-corrected chi connectivity index (χ1v) is 7.39. The topological polar surface area (TPSA) is 39.2 Å². The van der Waals surface area contributed by atoms with Gasteiger partial charge in [-0.25, -0.2) is 9.78 Å². The molecule has 110 valence electrons. The van der Waals surface area contributed by atoms with Gasteiger partial charge in [-0.05, 0) is 31.2 Å². The fraction of sp³-hybridized carbons (Fsp3) is 0.111. The first kappa shape index (κ1) is 14.5. The van der Waals surface area contributed by atoms with Crippen molar-refractivity contribution in [1.82, 2.24) is 4.98 Å². The smallest absolute Gasteiger partial charge is 0.338 e. The zero-order valence-electron chi connectivity index (χ0n) is 12.0. The van der Waals surface area contributed by atoms with Crippen LogP contribution in [0.1, 0.15) is 17.3 Å². The van der Waals surface area contributed by atoms with E-state index in [4.69, 9.17) is 16.3 Å². The number of aromatic nitrogens is 1. The van der Waals surface area contributed by atoms with Crippen molar-refractivity contribution in [1.29, 1.82) is 0 Å². The molecule has 3 aromatic rings. The Morgan fingerprint density at radius 3 is 2.59 bits per heavy atom. The van der Waals surface area contributed by atoms with E-state index in [1.54, 1.807) is 25.1 Å². The monoisotopic (exact) mass is 311 g/mol. The Morgan fingerprint density at radius 2 is 1.86 bits per heavy atom. The summed E-state index contributed by atoms with van der Waals surface area (Å²) in [6, 6.07) is 16.7. The van der Waals surface area contributed by atoms with Crippen LogP contribution in [0, 0.1) is 0 Å². The van der Waals surface area contributed by atoms with Gasteiger partial charge in [-0.2, -0.15) is 0 Å². The number of carbonyl (C=O) groups excluding carboxylic acids is 1. The molecule has 4 heteroatoms. The van der Waals surface area contributed by atoms with Crippen molar-refractivity contribution < 1.29 is 9.53 Å². The Hall–Kier alpha value is -2.39. The molecule has 0 radical (unpaired) electrons. The SMILES string of the molecule is CCOC(=O)c1cc(-c2ccc(Cl)cc2)nc2ccccc12. The summed E-state index contributed by atoms with van der Waals surface area (Å²) in [7, 11) is 0. The highest BCUT2D eigenvalue weighted by molar-refractivity contribution is 6.30. The molecule has 1 aromatic heterocycles. The zero-order valence-corrected chi connectivity index (χ0v) is 12.8. The quantitative estimate of drug-likeness (QED) is 0.656. The van der Waals surface area contributed by atoms with Crippen LogP contribution in [-0.4, -0.2) is 17.6 Å². The summed E-state index contributed by atoms with van der Waals surface area (Å²) in [5.41, 5.74) is 2.91. The molecule has 0 N–H and O–H groups in total. The average molecular weight is 312 g/mol. The highest BCUT2D eigenvalue weighted by atomic mass is 35.5. The van der Waals surface area contributed by atoms with Crippen molar-refractivity contribution in [2.24, 2.45) is 0 Å². The third-order valence-corrected chi connectivity index (χ3v) is 3.60. The minimum absolute atomic E-state index is 0.337. The number of hydrogen-bond donors (Lipinski definition) is 0. The van der Waals surface area contributed by atoms with Crippen LogP contribution in [0.2, 0.25) is 5.02 Å². The lowest BCUT2D eigenvalue weighted by atomic mass is 10.0. The second-order valence-electron chi connectivity index (χ2n) is 4.80. The molecule has 0 spiro atoms. The summed E-state index contributed by atoms with van der Waals surface area (Å²) < 4.78 is 5.16. The first-order chi connectivity index (χ1) is 10.7. The van der Waals surface area contributed by atoms with E-state index in [9.17, 15) is 4.79 Å². The van der Waals surface area contributed by atoms with E-state index in [1.807, 2.05) is 36.4 Å². The summed E-state index contributed by atoms with van der Waals surface area (Å²) in [4.78, 5) is 16.9. The first-order valence-electron chi connectivity index (χ1n) is 7.02. The third-order valence-electron chi connectivity index (χ3n) is 3.35. The molecule has 0 unspecified atom stereocenters. The summed E-state index contributed by atoms with van der Waals surface area (Å²) in [6.07, 6.45) is 0. The van der Waals surface area contributed by atoms with Crippen LogP contribution in [0.4, 0.5) is 0 Å². The molecule has 0 aliphatic heterocycles. The van der Waals surface area contributed by atoms with Crippen LogP contribution in [0.3, 0.4) is 0 Å². The number of halogens is 1. The molecule has 3 nitrogen and oxygen atoms in total. The van der Waals surface area contributed by atoms with Gasteiger partial charge in [-0.15, -0.1) is 0 Å². The van der Waals surface area contributed by atoms with E-state index in [1.165, 1.54) is 0 Å². The molecule has 22 heavy (non-hydrogen) atoms. The van der Waals surface area contributed by atoms with E-state index in [2.05, 4.69) is 4.98 Å². The predicted octanol–water partition coefficient (Wildman–Crippen LogP) is 4.73. The number of pyridine rings is 1. The predicted molar refractivity (Wildman–Crippen MR) is 88.1 cm³/mol. The number of esters is 1. The van der Waals surface area contributed by atoms with Gasteiger partial charge in [-0.1, -0.05) is 41.9 Å². The molecule has 0 saturated carbocycles. The highest BCUT2D eigenvalue weighted by Crippen LogP contribution is 2.26. The van der Waals surface area contributed by atoms with Crippen LogP contribution >= 0.6 is 11.6 Å². The van der Waals surface area contributed by atoms with Gasteiger partial charge in [0.25, 0.3) is 0 Å². The largest absolute Gasteiger partial charge is 0.462 e. The van der Waals surface area contributed by atoms with Gasteiger partial charge in [0.2, 0.25) is 0 Å². The second-order valence-corrected chi connectivity index (χ2v) is 5.24. The Balaban J connectivity index is 2.20. The van der Waals surface area contributed by atoms with Crippen molar-refractivity contribution in [3.05, 3.63) is 65.2 Å². The normalized spacial score (nSPS) is 10.6. The minimum Gasteiger partial charge on any atom is -0.462 e. The number of nitrogens with zero attached hydrogens (tertiary/aromatic N) is 1. The summed E-state index contributed by atoms with van der Waals surface area (Å²) >= 11 is 5.92. The lowest BCUT2D eigenvalue weighted by Crippen LogP contribution is -2.06. The van der Waals surface area contributed by atoms with Gasteiger partial charge in [-0.3, -0.25) is 0 Å². The number of hydrogen-bond acceptors (Lipinski definition) is 3. The van der Waals surface area contributed by atoms with Crippen molar-refractivity contribution >= 4 is 28.5 Å². The van der Waals surface area contributed by atoms with Gasteiger partial charge in [0.05, 0.1) is 23.4 Å². The number of carbonyl (C=O) groups is 1. The molecular weight excluding hydrogens is 298 g/mol. The van der Waals surface area contributed by atoms with E-state index in [0.29, 0.717) is 17.2 Å². The van der Waals surface area contributed by atoms with Gasteiger partial charge < -0.3 is 4.74 Å². The van der Waals surface area contributed by atoms with E-state index < -0.39 is 0 Å². The molecule has 0 atom stereocenters. The fourth-order valence-corrected chi connectivity index (χ4v) is 2.45. The van der Waals surface area contributed by atoms with Gasteiger partial charge in [0, 0.05) is 16.0 Å². The molecule has 0 fully saturated rings. The molecule has 0 saturated heterocycles. The zero-order chi connectivity index (χ0) is 15.5. The molecule has 3 rings (SSSR count). The maximum Gasteiger partial charge on any atom is 0.338 e. The van der Waals surface area contributed by atoms with Crippen LogP contribution in [0.15, 0.2) is 54.6 Å². The van der Waals surface area contributed by atoms with Crippen LogP contribution in [0.5, 0.6) is 0 Å². The Bertz CT molecular complexity index is 828. The lowest BCUT2D eigenvalue weighted by Gasteiger charge is -2.09. The number of fused-ring (bicyclic) bond motifs is 1. The molecule has 1 heterocycles. The second kappa shape index (κ2) is 6.16. The van der Waals surface area contributed by atoms with Gasteiger partial charge >= 0.3 is 5.97 Å². The van der Waals surface area contributed by atoms with Crippen molar-refractivity contribution in [2.45, 2.75) is 6.92 Å². The Labute approximate surface area is 133 Å².